The summed E-state index contributed by atoms with van der Waals surface area (Å²) in [5.74, 6) is -0.324. The lowest BCUT2D eigenvalue weighted by atomic mass is 10.2. The van der Waals surface area contributed by atoms with E-state index in [2.05, 4.69) is 0 Å². The molecule has 0 aliphatic heterocycles. The predicted octanol–water partition coefficient (Wildman–Crippen LogP) is 2.03. The van der Waals surface area contributed by atoms with Crippen LogP contribution in [0.3, 0.4) is 0 Å². The van der Waals surface area contributed by atoms with Crippen molar-refractivity contribution in [2.24, 2.45) is 0 Å². The number of benzene rings is 1. The molecule has 0 radical (unpaired) electrons. The summed E-state index contributed by atoms with van der Waals surface area (Å²) in [4.78, 5) is 11.0. The van der Waals surface area contributed by atoms with Gasteiger partial charge in [0.25, 0.3) is 0 Å². The molecular formula is C11H11NO2. The Labute approximate surface area is 82.9 Å². The molecule has 3 heteroatoms. The van der Waals surface area contributed by atoms with Crippen molar-refractivity contribution in [3.05, 3.63) is 35.9 Å². The topological polar surface area (TPSA) is 50.1 Å². The summed E-state index contributed by atoms with van der Waals surface area (Å²) in [5, 5.41) is 8.24. The van der Waals surface area contributed by atoms with Gasteiger partial charge >= 0.3 is 5.97 Å². The van der Waals surface area contributed by atoms with E-state index in [0.717, 1.165) is 5.56 Å². The number of hydrogen-bond acceptors (Lipinski definition) is 3. The molecule has 1 rings (SSSR count). The summed E-state index contributed by atoms with van der Waals surface area (Å²) in [6.45, 7) is 0.283. The Balaban J connectivity index is 2.28. The van der Waals surface area contributed by atoms with E-state index in [-0.39, 0.29) is 25.4 Å². The molecule has 0 spiro atoms. The lowest BCUT2D eigenvalue weighted by Crippen LogP contribution is -2.03. The van der Waals surface area contributed by atoms with Crippen molar-refractivity contribution in [1.29, 1.82) is 5.26 Å². The Bertz CT molecular complexity index is 327. The van der Waals surface area contributed by atoms with Crippen LogP contribution in [0.4, 0.5) is 0 Å². The van der Waals surface area contributed by atoms with Gasteiger partial charge in [0, 0.05) is 6.42 Å². The summed E-state index contributed by atoms with van der Waals surface area (Å²) in [7, 11) is 0. The molecule has 1 aromatic rings. The zero-order chi connectivity index (χ0) is 10.2. The fourth-order valence-electron chi connectivity index (χ4n) is 0.968. The minimum atomic E-state index is -0.324. The molecule has 14 heavy (non-hydrogen) atoms. The third kappa shape index (κ3) is 3.72. The normalized spacial score (nSPS) is 9.07. The summed E-state index contributed by atoms with van der Waals surface area (Å²) in [6.07, 6.45) is 0.386. The Hall–Kier alpha value is -1.82. The first-order chi connectivity index (χ1) is 6.83. The van der Waals surface area contributed by atoms with E-state index in [1.165, 1.54) is 0 Å². The minimum absolute atomic E-state index is 0.170. The number of carbonyl (C=O) groups is 1. The lowest BCUT2D eigenvalue weighted by molar-refractivity contribution is -0.144. The number of ether oxygens (including phenoxy) is 1. The van der Waals surface area contributed by atoms with Crippen LogP contribution in [0.1, 0.15) is 18.4 Å². The molecule has 72 valence electrons. The van der Waals surface area contributed by atoms with Gasteiger partial charge in [-0.15, -0.1) is 0 Å². The van der Waals surface area contributed by atoms with Crippen LogP contribution in [-0.2, 0) is 16.1 Å². The zero-order valence-corrected chi connectivity index (χ0v) is 7.77. The number of nitrogens with zero attached hydrogens (tertiary/aromatic N) is 1. The highest BCUT2D eigenvalue weighted by Crippen LogP contribution is 2.02. The van der Waals surface area contributed by atoms with Crippen molar-refractivity contribution >= 4 is 5.97 Å². The van der Waals surface area contributed by atoms with Gasteiger partial charge in [-0.2, -0.15) is 5.26 Å². The fraction of sp³-hybridized carbons (Fsp3) is 0.273. The van der Waals surface area contributed by atoms with E-state index in [0.29, 0.717) is 0 Å². The quantitative estimate of drug-likeness (QED) is 0.681. The molecule has 0 fully saturated rings. The van der Waals surface area contributed by atoms with Gasteiger partial charge in [0.15, 0.2) is 0 Å². The first-order valence-corrected chi connectivity index (χ1v) is 4.39. The average molecular weight is 189 g/mol. The van der Waals surface area contributed by atoms with Crippen molar-refractivity contribution < 1.29 is 9.53 Å². The number of esters is 1. The van der Waals surface area contributed by atoms with Crippen LogP contribution < -0.4 is 0 Å². The minimum Gasteiger partial charge on any atom is -0.461 e. The standard InChI is InChI=1S/C11H11NO2/c12-8-4-7-11(13)14-9-10-5-2-1-3-6-10/h1-3,5-6H,4,7,9H2. The van der Waals surface area contributed by atoms with Crippen molar-refractivity contribution in [2.45, 2.75) is 19.4 Å². The van der Waals surface area contributed by atoms with E-state index in [9.17, 15) is 4.79 Å². The fourth-order valence-corrected chi connectivity index (χ4v) is 0.968. The Morgan fingerprint density at radius 3 is 2.71 bits per heavy atom. The van der Waals surface area contributed by atoms with Crippen LogP contribution >= 0.6 is 0 Å². The third-order valence-corrected chi connectivity index (χ3v) is 1.68. The van der Waals surface area contributed by atoms with Crippen LogP contribution in [-0.4, -0.2) is 5.97 Å². The largest absolute Gasteiger partial charge is 0.461 e. The van der Waals surface area contributed by atoms with Gasteiger partial charge in [-0.05, 0) is 5.56 Å². The molecule has 0 amide bonds. The number of nitriles is 1. The van der Waals surface area contributed by atoms with E-state index in [1.54, 1.807) is 0 Å². The van der Waals surface area contributed by atoms with Gasteiger partial charge < -0.3 is 4.74 Å². The van der Waals surface area contributed by atoms with Crippen molar-refractivity contribution in [3.8, 4) is 6.07 Å². The second-order valence-corrected chi connectivity index (χ2v) is 2.80. The molecule has 3 nitrogen and oxygen atoms in total. The smallest absolute Gasteiger partial charge is 0.307 e. The zero-order valence-electron chi connectivity index (χ0n) is 7.77. The Morgan fingerprint density at radius 1 is 1.36 bits per heavy atom. The van der Waals surface area contributed by atoms with Crippen molar-refractivity contribution in [3.63, 3.8) is 0 Å². The highest BCUT2D eigenvalue weighted by atomic mass is 16.5. The average Bonchev–Trinajstić information content (AvgIpc) is 2.25. The van der Waals surface area contributed by atoms with Gasteiger partial charge in [0.05, 0.1) is 12.5 Å². The number of rotatable bonds is 4. The lowest BCUT2D eigenvalue weighted by Gasteiger charge is -2.02. The first kappa shape index (κ1) is 10.3. The van der Waals surface area contributed by atoms with E-state index < -0.39 is 0 Å². The van der Waals surface area contributed by atoms with Gasteiger partial charge in [-0.25, -0.2) is 0 Å². The Kier molecular flexibility index (Phi) is 4.22. The summed E-state index contributed by atoms with van der Waals surface area (Å²) in [5.41, 5.74) is 0.956. The molecule has 0 unspecified atom stereocenters. The Morgan fingerprint density at radius 2 is 2.07 bits per heavy atom. The molecular weight excluding hydrogens is 178 g/mol. The summed E-state index contributed by atoms with van der Waals surface area (Å²) < 4.78 is 4.94. The van der Waals surface area contributed by atoms with Crippen LogP contribution in [0, 0.1) is 11.3 Å². The maximum atomic E-state index is 11.0. The first-order valence-electron chi connectivity index (χ1n) is 4.39. The summed E-state index contributed by atoms with van der Waals surface area (Å²) in [6, 6.07) is 11.3. The summed E-state index contributed by atoms with van der Waals surface area (Å²) >= 11 is 0. The van der Waals surface area contributed by atoms with E-state index in [1.807, 2.05) is 36.4 Å². The van der Waals surface area contributed by atoms with Crippen LogP contribution in [0.2, 0.25) is 0 Å². The maximum Gasteiger partial charge on any atom is 0.307 e. The second-order valence-electron chi connectivity index (χ2n) is 2.80. The third-order valence-electron chi connectivity index (χ3n) is 1.68. The SMILES string of the molecule is N#CCCC(=O)OCc1ccccc1. The van der Waals surface area contributed by atoms with Gasteiger partial charge in [0.2, 0.25) is 0 Å². The number of hydrogen-bond donors (Lipinski definition) is 0. The van der Waals surface area contributed by atoms with Crippen molar-refractivity contribution in [2.75, 3.05) is 0 Å². The molecule has 0 N–H and O–H groups in total. The second kappa shape index (κ2) is 5.76. The molecule has 0 heterocycles. The molecule has 1 aromatic carbocycles. The molecule has 0 saturated carbocycles. The van der Waals surface area contributed by atoms with Crippen molar-refractivity contribution in [1.82, 2.24) is 0 Å². The molecule has 0 aliphatic carbocycles. The highest BCUT2D eigenvalue weighted by molar-refractivity contribution is 5.69. The van der Waals surface area contributed by atoms with Gasteiger partial charge in [-0.3, -0.25) is 4.79 Å². The molecule has 0 aromatic heterocycles. The monoisotopic (exact) mass is 189 g/mol. The highest BCUT2D eigenvalue weighted by Gasteiger charge is 2.01. The van der Waals surface area contributed by atoms with Crippen LogP contribution in [0.15, 0.2) is 30.3 Å². The molecule has 0 saturated heterocycles. The predicted molar refractivity (Wildman–Crippen MR) is 51.1 cm³/mol. The van der Waals surface area contributed by atoms with E-state index >= 15 is 0 Å². The number of carbonyl (C=O) groups excluding carboxylic acids is 1. The van der Waals surface area contributed by atoms with Crippen LogP contribution in [0.25, 0.3) is 0 Å². The van der Waals surface area contributed by atoms with E-state index in [4.69, 9.17) is 10.00 Å². The maximum absolute atomic E-state index is 11.0. The molecule has 0 atom stereocenters. The van der Waals surface area contributed by atoms with Gasteiger partial charge in [-0.1, -0.05) is 30.3 Å². The molecule has 0 bridgehead atoms. The van der Waals surface area contributed by atoms with Crippen LogP contribution in [0.5, 0.6) is 0 Å². The van der Waals surface area contributed by atoms with Gasteiger partial charge in [0.1, 0.15) is 6.61 Å². The molecule has 0 aliphatic rings.